The molecule has 1 fully saturated rings. The summed E-state index contributed by atoms with van der Waals surface area (Å²) in [5.41, 5.74) is 2.89. The van der Waals surface area contributed by atoms with Crippen LogP contribution >= 0.6 is 11.8 Å². The molecule has 7 nitrogen and oxygen atoms in total. The number of ketones is 1. The summed E-state index contributed by atoms with van der Waals surface area (Å²) in [4.78, 5) is 50.0. The lowest BCUT2D eigenvalue weighted by Crippen LogP contribution is -2.36. The number of anilines is 1. The Kier molecular flexibility index (Phi) is 6.28. The predicted octanol–water partition coefficient (Wildman–Crippen LogP) is 5.13. The van der Waals surface area contributed by atoms with Crippen molar-refractivity contribution in [2.45, 2.75) is 13.8 Å². The van der Waals surface area contributed by atoms with E-state index in [0.717, 1.165) is 27.8 Å². The second-order valence-corrected chi connectivity index (χ2v) is 8.46. The summed E-state index contributed by atoms with van der Waals surface area (Å²) in [6.07, 6.45) is 1.48. The minimum absolute atomic E-state index is 0.0232. The Labute approximate surface area is 194 Å². The number of imide groups is 1. The van der Waals surface area contributed by atoms with E-state index in [-0.39, 0.29) is 17.2 Å². The molecule has 8 heteroatoms. The molecule has 0 aliphatic carbocycles. The number of thioether (sulfide) groups is 1. The summed E-state index contributed by atoms with van der Waals surface area (Å²) < 4.78 is 5.79. The van der Waals surface area contributed by atoms with Gasteiger partial charge in [0.15, 0.2) is 5.78 Å². The van der Waals surface area contributed by atoms with Crippen LogP contribution in [0.25, 0.3) is 17.4 Å². The van der Waals surface area contributed by atoms with E-state index in [1.807, 2.05) is 19.1 Å². The fraction of sp³-hybridized carbons (Fsp3) is 0.120. The molecule has 1 aliphatic heterocycles. The van der Waals surface area contributed by atoms with Gasteiger partial charge in [0.1, 0.15) is 18.1 Å². The monoisotopic (exact) mass is 460 g/mol. The molecule has 4 rings (SSSR count). The van der Waals surface area contributed by atoms with Crippen LogP contribution in [0.1, 0.15) is 28.6 Å². The van der Waals surface area contributed by atoms with Gasteiger partial charge in [0.2, 0.25) is 5.91 Å². The first kappa shape index (κ1) is 22.3. The van der Waals surface area contributed by atoms with E-state index < -0.39 is 17.1 Å². The van der Waals surface area contributed by atoms with E-state index in [0.29, 0.717) is 22.8 Å². The highest BCUT2D eigenvalue weighted by Crippen LogP contribution is 2.33. The summed E-state index contributed by atoms with van der Waals surface area (Å²) in [7, 11) is 0. The van der Waals surface area contributed by atoms with Crippen molar-refractivity contribution in [3.05, 3.63) is 82.5 Å². The van der Waals surface area contributed by atoms with Crippen molar-refractivity contribution in [1.82, 2.24) is 4.90 Å². The molecule has 3 aromatic rings. The van der Waals surface area contributed by atoms with Crippen molar-refractivity contribution in [1.29, 1.82) is 0 Å². The molecule has 0 saturated carbocycles. The molecule has 1 aliphatic rings. The van der Waals surface area contributed by atoms with E-state index >= 15 is 0 Å². The van der Waals surface area contributed by atoms with Gasteiger partial charge < -0.3 is 9.73 Å². The number of nitrogens with zero attached hydrogens (tertiary/aromatic N) is 1. The van der Waals surface area contributed by atoms with Gasteiger partial charge in [0.25, 0.3) is 11.1 Å². The highest BCUT2D eigenvalue weighted by atomic mass is 32.2. The lowest BCUT2D eigenvalue weighted by Gasteiger charge is -2.13. The summed E-state index contributed by atoms with van der Waals surface area (Å²) in [5, 5.41) is 2.21. The van der Waals surface area contributed by atoms with E-state index in [1.54, 1.807) is 48.5 Å². The Balaban J connectivity index is 1.45. The van der Waals surface area contributed by atoms with Crippen molar-refractivity contribution in [2.24, 2.45) is 0 Å². The topological polar surface area (TPSA) is 96.7 Å². The molecule has 0 spiro atoms. The van der Waals surface area contributed by atoms with Gasteiger partial charge in [-0.3, -0.25) is 24.1 Å². The van der Waals surface area contributed by atoms with E-state index in [4.69, 9.17) is 4.42 Å². The number of para-hydroxylation sites is 1. The minimum Gasteiger partial charge on any atom is -0.457 e. The maximum Gasteiger partial charge on any atom is 0.294 e. The fourth-order valence-corrected chi connectivity index (χ4v) is 4.09. The molecule has 0 atom stereocenters. The molecule has 2 heterocycles. The summed E-state index contributed by atoms with van der Waals surface area (Å²) in [5.74, 6) is -0.0653. The van der Waals surface area contributed by atoms with Gasteiger partial charge in [-0.05, 0) is 49.4 Å². The predicted molar refractivity (Wildman–Crippen MR) is 127 cm³/mol. The van der Waals surface area contributed by atoms with Crippen molar-refractivity contribution in [3.8, 4) is 11.3 Å². The van der Waals surface area contributed by atoms with Crippen LogP contribution in [0.3, 0.4) is 0 Å². The van der Waals surface area contributed by atoms with Gasteiger partial charge in [0, 0.05) is 22.9 Å². The maximum absolute atomic E-state index is 12.7. The number of benzene rings is 2. The molecule has 0 bridgehead atoms. The SMILES string of the molecule is CC(=O)c1ccc(-c2ccc(/C=C3/SC(=O)N(CC(=O)Nc4ccccc4C)C3=O)o2)cc1. The number of rotatable bonds is 6. The number of Topliss-reactive ketones (excluding diaryl/α,β-unsaturated/α-hetero) is 1. The average Bonchev–Trinajstić information content (AvgIpc) is 3.36. The first-order chi connectivity index (χ1) is 15.8. The Morgan fingerprint density at radius 2 is 1.76 bits per heavy atom. The molecule has 0 unspecified atom stereocenters. The molecule has 0 radical (unpaired) electrons. The van der Waals surface area contributed by atoms with Gasteiger partial charge in [-0.15, -0.1) is 0 Å². The molecule has 1 N–H and O–H groups in total. The number of furan rings is 1. The smallest absolute Gasteiger partial charge is 0.294 e. The van der Waals surface area contributed by atoms with E-state index in [1.165, 1.54) is 13.0 Å². The van der Waals surface area contributed by atoms with Gasteiger partial charge in [-0.25, -0.2) is 0 Å². The van der Waals surface area contributed by atoms with Crippen molar-refractivity contribution in [2.75, 3.05) is 11.9 Å². The Morgan fingerprint density at radius 1 is 1.03 bits per heavy atom. The van der Waals surface area contributed by atoms with Gasteiger partial charge in [-0.2, -0.15) is 0 Å². The Bertz CT molecular complexity index is 1290. The van der Waals surface area contributed by atoms with Crippen LogP contribution in [0.5, 0.6) is 0 Å². The zero-order chi connectivity index (χ0) is 23.5. The Morgan fingerprint density at radius 3 is 2.45 bits per heavy atom. The van der Waals surface area contributed by atoms with Crippen molar-refractivity contribution >= 4 is 46.4 Å². The maximum atomic E-state index is 12.7. The number of hydrogen-bond donors (Lipinski definition) is 1. The standard InChI is InChI=1S/C25H20N2O5S/c1-15-5-3-4-6-20(15)26-23(29)14-27-24(30)22(33-25(27)31)13-19-11-12-21(32-19)18-9-7-17(8-10-18)16(2)28/h3-13H,14H2,1-2H3,(H,26,29)/b22-13+. The third-order valence-corrected chi connectivity index (χ3v) is 5.98. The van der Waals surface area contributed by atoms with Crippen molar-refractivity contribution in [3.63, 3.8) is 0 Å². The van der Waals surface area contributed by atoms with Crippen LogP contribution in [0.4, 0.5) is 10.5 Å². The van der Waals surface area contributed by atoms with Crippen LogP contribution in [0.15, 0.2) is 70.0 Å². The highest BCUT2D eigenvalue weighted by molar-refractivity contribution is 8.18. The highest BCUT2D eigenvalue weighted by Gasteiger charge is 2.36. The number of carbonyl (C=O) groups excluding carboxylic acids is 4. The van der Waals surface area contributed by atoms with Crippen LogP contribution in [-0.4, -0.2) is 34.3 Å². The quantitative estimate of drug-likeness (QED) is 0.405. The number of carbonyl (C=O) groups is 4. The number of amides is 3. The van der Waals surface area contributed by atoms with Crippen LogP contribution in [0, 0.1) is 6.92 Å². The summed E-state index contributed by atoms with van der Waals surface area (Å²) in [6.45, 7) is 2.98. The van der Waals surface area contributed by atoms with E-state index in [2.05, 4.69) is 5.32 Å². The normalized spacial score (nSPS) is 14.7. The van der Waals surface area contributed by atoms with Gasteiger partial charge >= 0.3 is 0 Å². The first-order valence-electron chi connectivity index (χ1n) is 10.1. The molecule has 3 amide bonds. The molecule has 1 saturated heterocycles. The second kappa shape index (κ2) is 9.30. The number of nitrogens with one attached hydrogen (secondary N) is 1. The minimum atomic E-state index is -0.548. The third-order valence-electron chi connectivity index (χ3n) is 5.07. The van der Waals surface area contributed by atoms with E-state index in [9.17, 15) is 19.2 Å². The molecule has 2 aromatic carbocycles. The molecular weight excluding hydrogens is 440 g/mol. The lowest BCUT2D eigenvalue weighted by atomic mass is 10.1. The van der Waals surface area contributed by atoms with Crippen LogP contribution in [-0.2, 0) is 9.59 Å². The van der Waals surface area contributed by atoms with Crippen molar-refractivity contribution < 1.29 is 23.6 Å². The van der Waals surface area contributed by atoms with Crippen LogP contribution in [0.2, 0.25) is 0 Å². The summed E-state index contributed by atoms with van der Waals surface area (Å²) >= 11 is 0.759. The molecular formula is C25H20N2O5S. The zero-order valence-electron chi connectivity index (χ0n) is 18.0. The first-order valence-corrected chi connectivity index (χ1v) is 11.0. The second-order valence-electron chi connectivity index (χ2n) is 7.47. The Hall–Kier alpha value is -3.91. The zero-order valence-corrected chi connectivity index (χ0v) is 18.8. The van der Waals surface area contributed by atoms with Gasteiger partial charge in [0.05, 0.1) is 4.91 Å². The molecule has 33 heavy (non-hydrogen) atoms. The number of hydrogen-bond acceptors (Lipinski definition) is 6. The third kappa shape index (κ3) is 4.96. The van der Waals surface area contributed by atoms with Gasteiger partial charge in [-0.1, -0.05) is 42.5 Å². The average molecular weight is 461 g/mol. The summed E-state index contributed by atoms with van der Waals surface area (Å²) in [6, 6.07) is 17.7. The lowest BCUT2D eigenvalue weighted by molar-refractivity contribution is -0.127. The number of aryl methyl sites for hydroxylation is 1. The van der Waals surface area contributed by atoms with Crippen LogP contribution < -0.4 is 5.32 Å². The largest absolute Gasteiger partial charge is 0.457 e. The fourth-order valence-electron chi connectivity index (χ4n) is 3.27. The molecule has 1 aromatic heterocycles. The molecule has 166 valence electrons.